The van der Waals surface area contributed by atoms with E-state index in [4.69, 9.17) is 0 Å². The molecule has 0 atom stereocenters. The molecule has 1 amide bonds. The molecule has 3 rings (SSSR count). The average Bonchev–Trinajstić information content (AvgIpc) is 2.93. The van der Waals surface area contributed by atoms with Gasteiger partial charge >= 0.3 is 0 Å². The van der Waals surface area contributed by atoms with Crippen molar-refractivity contribution in [3.63, 3.8) is 0 Å². The van der Waals surface area contributed by atoms with Crippen molar-refractivity contribution >= 4 is 11.6 Å². The monoisotopic (exact) mass is 239 g/mol. The number of aromatic nitrogens is 1. The Morgan fingerprint density at radius 3 is 2.39 bits per heavy atom. The predicted octanol–water partition coefficient (Wildman–Crippen LogP) is 2.29. The standard InChI is InChI=1S/C14H13N3O/c18-14-9-6-12-16(13-7-2-1-3-8-13)17(14)15-10-4-5-11-15/h1-8,10-12H,9H2. The van der Waals surface area contributed by atoms with Crippen LogP contribution in [0, 0.1) is 0 Å². The number of benzene rings is 1. The number of hydrazine groups is 1. The summed E-state index contributed by atoms with van der Waals surface area (Å²) in [5.74, 6) is 0.0394. The molecule has 1 aromatic carbocycles. The first kappa shape index (κ1) is 10.7. The van der Waals surface area contributed by atoms with Gasteiger partial charge in [0.05, 0.1) is 12.1 Å². The average molecular weight is 239 g/mol. The summed E-state index contributed by atoms with van der Waals surface area (Å²) in [4.78, 5) is 12.1. The summed E-state index contributed by atoms with van der Waals surface area (Å²) in [5.41, 5.74) is 0.954. The Balaban J connectivity index is 2.03. The zero-order chi connectivity index (χ0) is 12.4. The van der Waals surface area contributed by atoms with Crippen molar-refractivity contribution in [2.45, 2.75) is 6.42 Å². The van der Waals surface area contributed by atoms with Gasteiger partial charge in [-0.15, -0.1) is 5.12 Å². The maximum Gasteiger partial charge on any atom is 0.265 e. The molecule has 0 aliphatic carbocycles. The Bertz CT molecular complexity index is 560. The molecule has 18 heavy (non-hydrogen) atoms. The van der Waals surface area contributed by atoms with E-state index in [0.29, 0.717) is 6.42 Å². The van der Waals surface area contributed by atoms with Crippen molar-refractivity contribution in [2.75, 3.05) is 10.1 Å². The summed E-state index contributed by atoms with van der Waals surface area (Å²) in [7, 11) is 0. The highest BCUT2D eigenvalue weighted by atomic mass is 16.2. The van der Waals surface area contributed by atoms with Crippen LogP contribution in [0.25, 0.3) is 0 Å². The van der Waals surface area contributed by atoms with Crippen molar-refractivity contribution in [3.05, 3.63) is 67.1 Å². The summed E-state index contributed by atoms with van der Waals surface area (Å²) in [5, 5.41) is 3.46. The molecule has 2 heterocycles. The fraction of sp³-hybridized carbons (Fsp3) is 0.0714. The Kier molecular flexibility index (Phi) is 2.61. The molecule has 0 N–H and O–H groups in total. The van der Waals surface area contributed by atoms with Crippen LogP contribution in [0.3, 0.4) is 0 Å². The van der Waals surface area contributed by atoms with Crippen LogP contribution in [0.1, 0.15) is 6.42 Å². The van der Waals surface area contributed by atoms with Crippen LogP contribution in [0.2, 0.25) is 0 Å². The van der Waals surface area contributed by atoms with Crippen molar-refractivity contribution in [2.24, 2.45) is 0 Å². The molecular weight excluding hydrogens is 226 g/mol. The number of amides is 1. The largest absolute Gasteiger partial charge is 0.271 e. The number of anilines is 1. The van der Waals surface area contributed by atoms with Crippen LogP contribution >= 0.6 is 0 Å². The molecule has 4 heteroatoms. The zero-order valence-corrected chi connectivity index (χ0v) is 9.81. The Labute approximate surface area is 105 Å². The van der Waals surface area contributed by atoms with E-state index in [1.807, 2.05) is 72.1 Å². The molecule has 0 fully saturated rings. The van der Waals surface area contributed by atoms with Crippen LogP contribution in [-0.2, 0) is 4.79 Å². The molecule has 0 radical (unpaired) electrons. The number of hydrogen-bond acceptors (Lipinski definition) is 2. The van der Waals surface area contributed by atoms with Gasteiger partial charge in [0, 0.05) is 18.6 Å². The molecule has 0 unspecified atom stereocenters. The fourth-order valence-corrected chi connectivity index (χ4v) is 1.99. The van der Waals surface area contributed by atoms with Crippen LogP contribution in [0.5, 0.6) is 0 Å². The predicted molar refractivity (Wildman–Crippen MR) is 70.3 cm³/mol. The maximum atomic E-state index is 12.1. The summed E-state index contributed by atoms with van der Waals surface area (Å²) in [6, 6.07) is 13.6. The maximum absolute atomic E-state index is 12.1. The lowest BCUT2D eigenvalue weighted by Gasteiger charge is -2.36. The quantitative estimate of drug-likeness (QED) is 0.804. The first-order valence-electron chi connectivity index (χ1n) is 5.83. The second-order valence-electron chi connectivity index (χ2n) is 4.02. The van der Waals surface area contributed by atoms with Gasteiger partial charge in [0.15, 0.2) is 0 Å². The lowest BCUT2D eigenvalue weighted by Crippen LogP contribution is -2.52. The number of hydrogen-bond donors (Lipinski definition) is 0. The smallest absolute Gasteiger partial charge is 0.265 e. The van der Waals surface area contributed by atoms with Gasteiger partial charge in [-0.3, -0.25) is 4.79 Å². The van der Waals surface area contributed by atoms with Crippen molar-refractivity contribution in [3.8, 4) is 0 Å². The van der Waals surface area contributed by atoms with Gasteiger partial charge in [0.1, 0.15) is 0 Å². The SMILES string of the molecule is O=C1CC=CN(c2ccccc2)N1n1cccc1. The van der Waals surface area contributed by atoms with Gasteiger partial charge < -0.3 is 0 Å². The van der Waals surface area contributed by atoms with Crippen LogP contribution in [0.4, 0.5) is 5.69 Å². The first-order valence-corrected chi connectivity index (χ1v) is 5.83. The molecule has 4 nitrogen and oxygen atoms in total. The lowest BCUT2D eigenvalue weighted by molar-refractivity contribution is -0.119. The van der Waals surface area contributed by atoms with E-state index in [1.54, 1.807) is 9.79 Å². The van der Waals surface area contributed by atoms with Crippen molar-refractivity contribution in [1.29, 1.82) is 0 Å². The minimum Gasteiger partial charge on any atom is -0.271 e. The highest BCUT2D eigenvalue weighted by Crippen LogP contribution is 2.19. The van der Waals surface area contributed by atoms with E-state index in [2.05, 4.69) is 0 Å². The van der Waals surface area contributed by atoms with Crippen LogP contribution in [-0.4, -0.2) is 10.6 Å². The molecule has 0 bridgehead atoms. The minimum absolute atomic E-state index is 0.0394. The zero-order valence-electron chi connectivity index (χ0n) is 9.81. The highest BCUT2D eigenvalue weighted by Gasteiger charge is 2.24. The summed E-state index contributed by atoms with van der Waals surface area (Å²) in [6.45, 7) is 0. The van der Waals surface area contributed by atoms with Gasteiger partial charge in [-0.2, -0.15) is 0 Å². The van der Waals surface area contributed by atoms with E-state index in [0.717, 1.165) is 5.69 Å². The molecule has 2 aromatic rings. The number of para-hydroxylation sites is 1. The van der Waals surface area contributed by atoms with Crippen molar-refractivity contribution < 1.29 is 4.79 Å². The number of nitrogens with zero attached hydrogens (tertiary/aromatic N) is 3. The minimum atomic E-state index is 0.0394. The molecule has 1 aromatic heterocycles. The lowest BCUT2D eigenvalue weighted by atomic mass is 10.3. The highest BCUT2D eigenvalue weighted by molar-refractivity contribution is 5.91. The van der Waals surface area contributed by atoms with Gasteiger partial charge in [-0.25, -0.2) is 9.69 Å². The Morgan fingerprint density at radius 1 is 0.944 bits per heavy atom. The molecule has 90 valence electrons. The van der Waals surface area contributed by atoms with Crippen LogP contribution in [0.15, 0.2) is 67.1 Å². The van der Waals surface area contributed by atoms with E-state index >= 15 is 0 Å². The van der Waals surface area contributed by atoms with Gasteiger partial charge in [0.2, 0.25) is 0 Å². The fourth-order valence-electron chi connectivity index (χ4n) is 1.99. The van der Waals surface area contributed by atoms with E-state index in [1.165, 1.54) is 0 Å². The molecule has 1 aliphatic heterocycles. The molecular formula is C14H13N3O. The molecule has 0 saturated heterocycles. The van der Waals surface area contributed by atoms with E-state index in [9.17, 15) is 4.79 Å². The third kappa shape index (κ3) is 1.78. The normalized spacial score (nSPS) is 15.2. The summed E-state index contributed by atoms with van der Waals surface area (Å²) in [6.07, 6.45) is 7.91. The topological polar surface area (TPSA) is 28.5 Å². The van der Waals surface area contributed by atoms with Crippen molar-refractivity contribution in [1.82, 2.24) is 4.68 Å². The molecule has 0 saturated carbocycles. The Morgan fingerprint density at radius 2 is 1.67 bits per heavy atom. The summed E-state index contributed by atoms with van der Waals surface area (Å²) >= 11 is 0. The third-order valence-corrected chi connectivity index (χ3v) is 2.79. The van der Waals surface area contributed by atoms with E-state index in [-0.39, 0.29) is 5.91 Å². The molecule has 1 aliphatic rings. The number of rotatable bonds is 2. The third-order valence-electron chi connectivity index (χ3n) is 2.79. The number of carbonyl (C=O) groups excluding carboxylic acids is 1. The first-order chi connectivity index (χ1) is 8.86. The van der Waals surface area contributed by atoms with Gasteiger partial charge in [0.25, 0.3) is 5.91 Å². The molecule has 0 spiro atoms. The van der Waals surface area contributed by atoms with E-state index < -0.39 is 0 Å². The number of carbonyl (C=O) groups is 1. The van der Waals surface area contributed by atoms with Gasteiger partial charge in [-0.1, -0.05) is 24.3 Å². The second kappa shape index (κ2) is 4.41. The Hall–Kier alpha value is -2.49. The van der Waals surface area contributed by atoms with Gasteiger partial charge in [-0.05, 0) is 24.3 Å². The van der Waals surface area contributed by atoms with Crippen LogP contribution < -0.4 is 10.1 Å². The summed E-state index contributed by atoms with van der Waals surface area (Å²) < 4.78 is 1.78. The second-order valence-corrected chi connectivity index (χ2v) is 4.02.